The Kier molecular flexibility index (Phi) is 3.69. The van der Waals surface area contributed by atoms with Crippen LogP contribution in [0.1, 0.15) is 23.5 Å². The summed E-state index contributed by atoms with van der Waals surface area (Å²) in [6.07, 6.45) is 6.49. The molecule has 0 aliphatic rings. The predicted octanol–water partition coefficient (Wildman–Crippen LogP) is 1.64. The Labute approximate surface area is 99.2 Å². The van der Waals surface area contributed by atoms with E-state index in [1.807, 2.05) is 24.1 Å². The summed E-state index contributed by atoms with van der Waals surface area (Å²) in [5.41, 5.74) is 6.76. The molecule has 2 rings (SSSR count). The minimum Gasteiger partial charge on any atom is -0.334 e. The van der Waals surface area contributed by atoms with Gasteiger partial charge >= 0.3 is 0 Å². The van der Waals surface area contributed by atoms with Gasteiger partial charge in [0.2, 0.25) is 0 Å². The molecule has 4 nitrogen and oxygen atoms in total. The number of nitrogens with zero attached hydrogens (tertiary/aromatic N) is 3. The standard InChI is InChI=1S/C11H16N4S/c1-9(11-14-4-5-16-11)7-15-8-13-6-10(15)2-3-12/h4-6,8-9H,2-3,7,12H2,1H3. The quantitative estimate of drug-likeness (QED) is 0.858. The van der Waals surface area contributed by atoms with Crippen molar-refractivity contribution in [1.29, 1.82) is 0 Å². The van der Waals surface area contributed by atoms with Crippen LogP contribution in [0.2, 0.25) is 0 Å². The molecule has 2 aromatic rings. The average Bonchev–Trinajstić information content (AvgIpc) is 2.90. The molecule has 2 N–H and O–H groups in total. The van der Waals surface area contributed by atoms with Crippen molar-refractivity contribution >= 4 is 11.3 Å². The van der Waals surface area contributed by atoms with E-state index in [1.54, 1.807) is 11.3 Å². The van der Waals surface area contributed by atoms with Crippen LogP contribution in [0.25, 0.3) is 0 Å². The SMILES string of the molecule is CC(Cn1cncc1CCN)c1nccs1. The van der Waals surface area contributed by atoms with Gasteiger partial charge in [-0.25, -0.2) is 9.97 Å². The van der Waals surface area contributed by atoms with E-state index in [9.17, 15) is 0 Å². The fourth-order valence-electron chi connectivity index (χ4n) is 1.72. The Hall–Kier alpha value is -1.20. The van der Waals surface area contributed by atoms with Gasteiger partial charge in [0, 0.05) is 42.4 Å². The van der Waals surface area contributed by atoms with Gasteiger partial charge in [0.05, 0.1) is 11.3 Å². The van der Waals surface area contributed by atoms with Crippen molar-refractivity contribution in [2.45, 2.75) is 25.8 Å². The number of hydrogen-bond acceptors (Lipinski definition) is 4. The molecule has 1 unspecified atom stereocenters. The predicted molar refractivity (Wildman–Crippen MR) is 65.5 cm³/mol. The van der Waals surface area contributed by atoms with E-state index in [-0.39, 0.29) is 0 Å². The normalized spacial score (nSPS) is 12.9. The number of thiazole rings is 1. The van der Waals surface area contributed by atoms with Crippen molar-refractivity contribution in [2.24, 2.45) is 5.73 Å². The number of rotatable bonds is 5. The zero-order valence-electron chi connectivity index (χ0n) is 9.34. The summed E-state index contributed by atoms with van der Waals surface area (Å²) in [5.74, 6) is 0.422. The number of nitrogens with two attached hydrogens (primary N) is 1. The van der Waals surface area contributed by atoms with Crippen LogP contribution < -0.4 is 5.73 Å². The lowest BCUT2D eigenvalue weighted by molar-refractivity contribution is 0.574. The molecule has 0 bridgehead atoms. The van der Waals surface area contributed by atoms with Gasteiger partial charge in [0.1, 0.15) is 0 Å². The van der Waals surface area contributed by atoms with Crippen molar-refractivity contribution in [3.8, 4) is 0 Å². The molecule has 16 heavy (non-hydrogen) atoms. The Morgan fingerprint density at radius 3 is 3.12 bits per heavy atom. The molecule has 0 aromatic carbocycles. The van der Waals surface area contributed by atoms with E-state index in [0.717, 1.165) is 13.0 Å². The molecular formula is C11H16N4S. The highest BCUT2D eigenvalue weighted by molar-refractivity contribution is 7.09. The largest absolute Gasteiger partial charge is 0.334 e. The average molecular weight is 236 g/mol. The Balaban J connectivity index is 2.06. The van der Waals surface area contributed by atoms with Crippen molar-refractivity contribution in [2.75, 3.05) is 6.54 Å². The van der Waals surface area contributed by atoms with Crippen molar-refractivity contribution < 1.29 is 0 Å². The molecule has 1 atom stereocenters. The van der Waals surface area contributed by atoms with Crippen molar-refractivity contribution in [3.63, 3.8) is 0 Å². The fraction of sp³-hybridized carbons (Fsp3) is 0.455. The molecule has 0 saturated carbocycles. The zero-order valence-corrected chi connectivity index (χ0v) is 10.2. The Morgan fingerprint density at radius 1 is 1.56 bits per heavy atom. The van der Waals surface area contributed by atoms with Gasteiger partial charge in [-0.05, 0) is 6.54 Å². The molecule has 0 spiro atoms. The first kappa shape index (κ1) is 11.3. The minimum atomic E-state index is 0.422. The molecule has 5 heteroatoms. The smallest absolute Gasteiger partial charge is 0.0970 e. The third-order valence-electron chi connectivity index (χ3n) is 2.54. The molecule has 2 heterocycles. The van der Waals surface area contributed by atoms with Crippen LogP contribution in [0, 0.1) is 0 Å². The number of hydrogen-bond donors (Lipinski definition) is 1. The highest BCUT2D eigenvalue weighted by atomic mass is 32.1. The third-order valence-corrected chi connectivity index (χ3v) is 3.55. The van der Waals surface area contributed by atoms with E-state index in [1.165, 1.54) is 10.7 Å². The molecule has 86 valence electrons. The summed E-state index contributed by atoms with van der Waals surface area (Å²) in [6.45, 7) is 3.77. The van der Waals surface area contributed by atoms with Crippen LogP contribution >= 0.6 is 11.3 Å². The highest BCUT2D eigenvalue weighted by Gasteiger charge is 2.10. The molecule has 0 saturated heterocycles. The lowest BCUT2D eigenvalue weighted by Crippen LogP contribution is -2.11. The van der Waals surface area contributed by atoms with Crippen molar-refractivity contribution in [1.82, 2.24) is 14.5 Å². The Morgan fingerprint density at radius 2 is 2.44 bits per heavy atom. The van der Waals surface area contributed by atoms with Gasteiger partial charge in [-0.3, -0.25) is 0 Å². The molecular weight excluding hydrogens is 220 g/mol. The molecule has 0 amide bonds. The highest BCUT2D eigenvalue weighted by Crippen LogP contribution is 2.20. The lowest BCUT2D eigenvalue weighted by atomic mass is 10.2. The number of imidazole rings is 1. The van der Waals surface area contributed by atoms with Gasteiger partial charge in [-0.1, -0.05) is 6.92 Å². The van der Waals surface area contributed by atoms with Crippen LogP contribution in [0.4, 0.5) is 0 Å². The van der Waals surface area contributed by atoms with E-state index in [0.29, 0.717) is 12.5 Å². The zero-order chi connectivity index (χ0) is 11.4. The summed E-state index contributed by atoms with van der Waals surface area (Å²) in [5, 5.41) is 3.19. The van der Waals surface area contributed by atoms with Gasteiger partial charge in [-0.15, -0.1) is 11.3 Å². The van der Waals surface area contributed by atoms with E-state index < -0.39 is 0 Å². The van der Waals surface area contributed by atoms with Crippen LogP contribution in [0.15, 0.2) is 24.1 Å². The van der Waals surface area contributed by atoms with E-state index >= 15 is 0 Å². The molecule has 0 radical (unpaired) electrons. The maximum atomic E-state index is 5.56. The van der Waals surface area contributed by atoms with Crippen LogP contribution in [0.3, 0.4) is 0 Å². The van der Waals surface area contributed by atoms with Gasteiger partial charge in [0.25, 0.3) is 0 Å². The fourth-order valence-corrected chi connectivity index (χ4v) is 2.41. The maximum absolute atomic E-state index is 5.56. The van der Waals surface area contributed by atoms with E-state index in [2.05, 4.69) is 21.5 Å². The molecule has 0 aliphatic heterocycles. The molecule has 0 aliphatic carbocycles. The van der Waals surface area contributed by atoms with E-state index in [4.69, 9.17) is 5.73 Å². The first-order chi connectivity index (χ1) is 7.81. The summed E-state index contributed by atoms with van der Waals surface area (Å²) in [4.78, 5) is 8.50. The summed E-state index contributed by atoms with van der Waals surface area (Å²) < 4.78 is 2.17. The second-order valence-electron chi connectivity index (χ2n) is 3.85. The monoisotopic (exact) mass is 236 g/mol. The first-order valence-electron chi connectivity index (χ1n) is 5.39. The second kappa shape index (κ2) is 5.23. The van der Waals surface area contributed by atoms with Crippen molar-refractivity contribution in [3.05, 3.63) is 34.8 Å². The maximum Gasteiger partial charge on any atom is 0.0970 e. The summed E-state index contributed by atoms with van der Waals surface area (Å²) in [6, 6.07) is 0. The summed E-state index contributed by atoms with van der Waals surface area (Å²) >= 11 is 1.70. The van der Waals surface area contributed by atoms with Gasteiger partial charge < -0.3 is 10.3 Å². The lowest BCUT2D eigenvalue weighted by Gasteiger charge is -2.12. The number of aromatic nitrogens is 3. The van der Waals surface area contributed by atoms with Crippen LogP contribution in [-0.2, 0) is 13.0 Å². The third kappa shape index (κ3) is 2.48. The minimum absolute atomic E-state index is 0.422. The van der Waals surface area contributed by atoms with Crippen LogP contribution in [-0.4, -0.2) is 21.1 Å². The summed E-state index contributed by atoms with van der Waals surface area (Å²) in [7, 11) is 0. The van der Waals surface area contributed by atoms with Crippen LogP contribution in [0.5, 0.6) is 0 Å². The first-order valence-corrected chi connectivity index (χ1v) is 6.27. The second-order valence-corrected chi connectivity index (χ2v) is 4.77. The molecule has 2 aromatic heterocycles. The molecule has 0 fully saturated rings. The van der Waals surface area contributed by atoms with Gasteiger partial charge in [0.15, 0.2) is 0 Å². The van der Waals surface area contributed by atoms with Gasteiger partial charge in [-0.2, -0.15) is 0 Å². The Bertz CT molecular complexity index is 421. The topological polar surface area (TPSA) is 56.7 Å².